The van der Waals surface area contributed by atoms with Crippen LogP contribution in [0.4, 0.5) is 0 Å². The minimum absolute atomic E-state index is 0.0372. The van der Waals surface area contributed by atoms with E-state index in [1.54, 1.807) is 42.5 Å². The zero-order valence-electron chi connectivity index (χ0n) is 9.65. The molecule has 0 heterocycles. The third-order valence-corrected chi connectivity index (χ3v) is 3.64. The molecular weight excluding hydrogens is 283 g/mol. The SMILES string of the molecule is O=C1C(c2ccc(Cl)cc2Cl)=C(O)c2ccccc21. The van der Waals surface area contributed by atoms with E-state index in [-0.39, 0.29) is 17.1 Å². The van der Waals surface area contributed by atoms with Gasteiger partial charge in [-0.2, -0.15) is 0 Å². The Kier molecular flexibility index (Phi) is 2.85. The Labute approximate surface area is 119 Å². The van der Waals surface area contributed by atoms with Crippen molar-refractivity contribution in [3.63, 3.8) is 0 Å². The van der Waals surface area contributed by atoms with Gasteiger partial charge in [-0.3, -0.25) is 4.79 Å². The van der Waals surface area contributed by atoms with Gasteiger partial charge in [-0.05, 0) is 12.1 Å². The molecule has 0 aliphatic heterocycles. The van der Waals surface area contributed by atoms with Crippen LogP contribution in [0.25, 0.3) is 11.3 Å². The fourth-order valence-corrected chi connectivity index (χ4v) is 2.71. The van der Waals surface area contributed by atoms with Crippen LogP contribution in [0.5, 0.6) is 0 Å². The number of allylic oxidation sites excluding steroid dienone is 1. The number of rotatable bonds is 1. The number of hydrogen-bond acceptors (Lipinski definition) is 2. The lowest BCUT2D eigenvalue weighted by Crippen LogP contribution is -1.98. The minimum Gasteiger partial charge on any atom is -0.507 e. The van der Waals surface area contributed by atoms with Gasteiger partial charge < -0.3 is 5.11 Å². The third kappa shape index (κ3) is 1.84. The summed E-state index contributed by atoms with van der Waals surface area (Å²) in [6.45, 7) is 0. The van der Waals surface area contributed by atoms with E-state index in [1.807, 2.05) is 0 Å². The summed E-state index contributed by atoms with van der Waals surface area (Å²) in [5.74, 6) is -0.262. The van der Waals surface area contributed by atoms with Crippen molar-refractivity contribution >= 4 is 40.3 Å². The number of carbonyl (C=O) groups is 1. The number of halogens is 2. The molecule has 1 aliphatic rings. The normalized spacial score (nSPS) is 13.9. The molecule has 0 atom stereocenters. The molecule has 0 saturated carbocycles. The van der Waals surface area contributed by atoms with E-state index in [0.29, 0.717) is 26.7 Å². The summed E-state index contributed by atoms with van der Waals surface area (Å²) in [6, 6.07) is 11.8. The van der Waals surface area contributed by atoms with Crippen LogP contribution < -0.4 is 0 Å². The van der Waals surface area contributed by atoms with Gasteiger partial charge in [0.05, 0.1) is 10.6 Å². The van der Waals surface area contributed by atoms with Crippen LogP contribution in [0, 0.1) is 0 Å². The first-order chi connectivity index (χ1) is 9.09. The Hall–Kier alpha value is -1.77. The number of carbonyl (C=O) groups excluding carboxylic acids is 1. The Morgan fingerprint density at radius 1 is 0.895 bits per heavy atom. The van der Waals surface area contributed by atoms with Crippen molar-refractivity contribution in [3.8, 4) is 0 Å². The van der Waals surface area contributed by atoms with Crippen molar-refractivity contribution in [2.24, 2.45) is 0 Å². The van der Waals surface area contributed by atoms with Crippen LogP contribution in [0.1, 0.15) is 21.5 Å². The molecule has 0 saturated heterocycles. The average molecular weight is 291 g/mol. The van der Waals surface area contributed by atoms with Gasteiger partial charge in [0.2, 0.25) is 0 Å². The van der Waals surface area contributed by atoms with Gasteiger partial charge in [0.1, 0.15) is 5.76 Å². The summed E-state index contributed by atoms with van der Waals surface area (Å²) < 4.78 is 0. The van der Waals surface area contributed by atoms with Crippen molar-refractivity contribution < 1.29 is 9.90 Å². The lowest BCUT2D eigenvalue weighted by molar-refractivity contribution is 0.105. The second kappa shape index (κ2) is 4.41. The zero-order chi connectivity index (χ0) is 13.6. The van der Waals surface area contributed by atoms with E-state index in [2.05, 4.69) is 0 Å². The van der Waals surface area contributed by atoms with E-state index < -0.39 is 0 Å². The predicted octanol–water partition coefficient (Wildman–Crippen LogP) is 4.62. The number of aliphatic hydroxyl groups is 1. The molecule has 0 unspecified atom stereocenters. The molecule has 2 aromatic rings. The molecule has 1 aliphatic carbocycles. The number of Topliss-reactive ketones (excluding diaryl/α,β-unsaturated/α-hetero) is 1. The van der Waals surface area contributed by atoms with Gasteiger partial charge in [0.25, 0.3) is 0 Å². The average Bonchev–Trinajstić information content (AvgIpc) is 2.64. The number of hydrogen-bond donors (Lipinski definition) is 1. The maximum Gasteiger partial charge on any atom is 0.198 e. The highest BCUT2D eigenvalue weighted by Crippen LogP contribution is 2.39. The topological polar surface area (TPSA) is 37.3 Å². The Balaban J connectivity index is 2.23. The van der Waals surface area contributed by atoms with Crippen LogP contribution in [-0.4, -0.2) is 10.9 Å². The Morgan fingerprint density at radius 3 is 2.21 bits per heavy atom. The minimum atomic E-state index is -0.225. The number of fused-ring (bicyclic) bond motifs is 1. The lowest BCUT2D eigenvalue weighted by Gasteiger charge is -2.05. The number of benzene rings is 2. The number of aliphatic hydroxyl groups excluding tert-OH is 1. The fourth-order valence-electron chi connectivity index (χ4n) is 2.21. The van der Waals surface area contributed by atoms with Crippen molar-refractivity contribution in [2.45, 2.75) is 0 Å². The fraction of sp³-hybridized carbons (Fsp3) is 0. The molecule has 0 aromatic heterocycles. The third-order valence-electron chi connectivity index (χ3n) is 3.09. The standard InChI is InChI=1S/C15H8Cl2O2/c16-8-5-6-11(12(17)7-8)13-14(18)9-3-1-2-4-10(9)15(13)19/h1-7,18H. The quantitative estimate of drug-likeness (QED) is 0.832. The Morgan fingerprint density at radius 2 is 1.58 bits per heavy atom. The van der Waals surface area contributed by atoms with Gasteiger partial charge in [0, 0.05) is 21.7 Å². The second-order valence-electron chi connectivity index (χ2n) is 4.22. The van der Waals surface area contributed by atoms with Gasteiger partial charge in [0.15, 0.2) is 5.78 Å². The predicted molar refractivity (Wildman–Crippen MR) is 76.7 cm³/mol. The smallest absolute Gasteiger partial charge is 0.198 e. The van der Waals surface area contributed by atoms with Gasteiger partial charge in [-0.25, -0.2) is 0 Å². The van der Waals surface area contributed by atoms with Gasteiger partial charge in [-0.15, -0.1) is 0 Å². The molecule has 1 N–H and O–H groups in total. The van der Waals surface area contributed by atoms with Gasteiger partial charge in [-0.1, -0.05) is 53.5 Å². The van der Waals surface area contributed by atoms with Crippen LogP contribution in [-0.2, 0) is 0 Å². The summed E-state index contributed by atoms with van der Waals surface area (Å²) >= 11 is 11.9. The first kappa shape index (κ1) is 12.3. The highest BCUT2D eigenvalue weighted by molar-refractivity contribution is 6.43. The van der Waals surface area contributed by atoms with E-state index in [0.717, 1.165) is 0 Å². The van der Waals surface area contributed by atoms with Gasteiger partial charge >= 0.3 is 0 Å². The summed E-state index contributed by atoms with van der Waals surface area (Å²) in [4.78, 5) is 12.3. The monoisotopic (exact) mass is 290 g/mol. The van der Waals surface area contributed by atoms with E-state index >= 15 is 0 Å². The molecule has 0 radical (unpaired) electrons. The van der Waals surface area contributed by atoms with Crippen LogP contribution in [0.3, 0.4) is 0 Å². The van der Waals surface area contributed by atoms with Crippen molar-refractivity contribution in [1.82, 2.24) is 0 Å². The molecule has 2 nitrogen and oxygen atoms in total. The molecule has 0 bridgehead atoms. The lowest BCUT2D eigenvalue weighted by atomic mass is 10.0. The highest BCUT2D eigenvalue weighted by atomic mass is 35.5. The second-order valence-corrected chi connectivity index (χ2v) is 5.07. The van der Waals surface area contributed by atoms with Crippen LogP contribution >= 0.6 is 23.2 Å². The zero-order valence-corrected chi connectivity index (χ0v) is 11.2. The highest BCUT2D eigenvalue weighted by Gasteiger charge is 2.31. The van der Waals surface area contributed by atoms with Crippen molar-refractivity contribution in [1.29, 1.82) is 0 Å². The maximum absolute atomic E-state index is 12.3. The summed E-state index contributed by atoms with van der Waals surface area (Å²) in [7, 11) is 0. The van der Waals surface area contributed by atoms with Crippen LogP contribution in [0.2, 0.25) is 10.0 Å². The van der Waals surface area contributed by atoms with E-state index in [9.17, 15) is 9.90 Å². The molecule has 4 heteroatoms. The molecule has 0 spiro atoms. The summed E-state index contributed by atoms with van der Waals surface area (Å²) in [5.41, 5.74) is 1.74. The molecule has 3 rings (SSSR count). The molecule has 94 valence electrons. The van der Waals surface area contributed by atoms with Crippen molar-refractivity contribution in [3.05, 3.63) is 69.2 Å². The van der Waals surface area contributed by atoms with Crippen molar-refractivity contribution in [2.75, 3.05) is 0 Å². The first-order valence-corrected chi connectivity index (χ1v) is 6.38. The van der Waals surface area contributed by atoms with Crippen LogP contribution in [0.15, 0.2) is 42.5 Å². The summed E-state index contributed by atoms with van der Waals surface area (Å²) in [6.07, 6.45) is 0. The molecule has 2 aromatic carbocycles. The van der Waals surface area contributed by atoms with E-state index in [1.165, 1.54) is 0 Å². The largest absolute Gasteiger partial charge is 0.507 e. The number of ketones is 1. The molecule has 0 amide bonds. The molecule has 19 heavy (non-hydrogen) atoms. The van der Waals surface area contributed by atoms with E-state index in [4.69, 9.17) is 23.2 Å². The molecule has 0 fully saturated rings. The maximum atomic E-state index is 12.3. The molecular formula is C15H8Cl2O2. The Bertz CT molecular complexity index is 733. The summed E-state index contributed by atoms with van der Waals surface area (Å²) in [5, 5.41) is 11.1. The first-order valence-electron chi connectivity index (χ1n) is 5.62.